The molecular weight excluding hydrogens is 418 g/mol. The molecule has 0 unspecified atom stereocenters. The number of amides is 4. The van der Waals surface area contributed by atoms with Gasteiger partial charge in [-0.3, -0.25) is 14.5 Å². The molecule has 8 nitrogen and oxygen atoms in total. The number of rotatable bonds is 5. The minimum absolute atomic E-state index is 0.0864. The van der Waals surface area contributed by atoms with Crippen LogP contribution in [-0.2, 0) is 21.2 Å². The van der Waals surface area contributed by atoms with Crippen LogP contribution in [0.25, 0.3) is 0 Å². The highest BCUT2D eigenvalue weighted by molar-refractivity contribution is 7.91. The van der Waals surface area contributed by atoms with Gasteiger partial charge in [-0.25, -0.2) is 13.2 Å². The van der Waals surface area contributed by atoms with E-state index in [4.69, 9.17) is 0 Å². The van der Waals surface area contributed by atoms with Crippen molar-refractivity contribution < 1.29 is 22.8 Å². The molecule has 168 valence electrons. The number of carbonyl (C=O) groups excluding carboxylic acids is 3. The van der Waals surface area contributed by atoms with Crippen LogP contribution < -0.4 is 10.6 Å². The van der Waals surface area contributed by atoms with Crippen LogP contribution >= 0.6 is 0 Å². The largest absolute Gasteiger partial charge is 0.352 e. The molecule has 0 radical (unpaired) electrons. The fourth-order valence-corrected chi connectivity index (χ4v) is 6.24. The average Bonchev–Trinajstić information content (AvgIpc) is 3.00. The summed E-state index contributed by atoms with van der Waals surface area (Å²) < 4.78 is 23.4. The number of carbonyl (C=O) groups is 3. The van der Waals surface area contributed by atoms with E-state index < -0.39 is 21.4 Å². The minimum atomic E-state index is -3.15. The van der Waals surface area contributed by atoms with Crippen molar-refractivity contribution in [2.45, 2.75) is 57.0 Å². The topological polar surface area (TPSA) is 113 Å². The zero-order valence-corrected chi connectivity index (χ0v) is 18.4. The summed E-state index contributed by atoms with van der Waals surface area (Å²) in [7, 11) is -3.15. The molecule has 31 heavy (non-hydrogen) atoms. The number of urea groups is 1. The molecule has 2 N–H and O–H groups in total. The quantitative estimate of drug-likeness (QED) is 0.671. The zero-order valence-electron chi connectivity index (χ0n) is 17.6. The van der Waals surface area contributed by atoms with E-state index in [1.165, 1.54) is 32.1 Å². The van der Waals surface area contributed by atoms with E-state index in [1.54, 1.807) is 24.3 Å². The maximum atomic E-state index is 12.9. The first-order valence-electron chi connectivity index (χ1n) is 11.0. The number of hydrogen-bond donors (Lipinski definition) is 2. The van der Waals surface area contributed by atoms with Crippen molar-refractivity contribution in [3.63, 3.8) is 0 Å². The Kier molecular flexibility index (Phi) is 6.05. The van der Waals surface area contributed by atoms with E-state index >= 15 is 0 Å². The van der Waals surface area contributed by atoms with Crippen LogP contribution in [0.3, 0.4) is 0 Å². The number of nitrogens with one attached hydrogen (secondary N) is 2. The predicted molar refractivity (Wildman–Crippen MR) is 115 cm³/mol. The summed E-state index contributed by atoms with van der Waals surface area (Å²) in [5.41, 5.74) is 0.167. The third-order valence-electron chi connectivity index (χ3n) is 6.76. The van der Waals surface area contributed by atoms with Crippen molar-refractivity contribution in [1.82, 2.24) is 15.5 Å². The van der Waals surface area contributed by atoms with Crippen molar-refractivity contribution in [3.8, 4) is 0 Å². The number of sulfone groups is 1. The van der Waals surface area contributed by atoms with Gasteiger partial charge in [0, 0.05) is 12.1 Å². The van der Waals surface area contributed by atoms with Gasteiger partial charge in [0.25, 0.3) is 11.8 Å². The molecule has 1 saturated carbocycles. The lowest BCUT2D eigenvalue weighted by atomic mass is 9.89. The molecule has 4 amide bonds. The first-order chi connectivity index (χ1) is 14.8. The zero-order chi connectivity index (χ0) is 22.1. The molecule has 1 aromatic rings. The normalized spacial score (nSPS) is 23.0. The van der Waals surface area contributed by atoms with Gasteiger partial charge in [0.2, 0.25) is 0 Å². The Bertz CT molecular complexity index is 953. The summed E-state index contributed by atoms with van der Waals surface area (Å²) in [6.07, 6.45) is 6.29. The Morgan fingerprint density at radius 1 is 1.06 bits per heavy atom. The molecule has 3 aliphatic rings. The van der Waals surface area contributed by atoms with Crippen molar-refractivity contribution in [2.75, 3.05) is 18.1 Å². The molecule has 9 heteroatoms. The third-order valence-corrected chi connectivity index (χ3v) is 8.41. The van der Waals surface area contributed by atoms with E-state index in [0.29, 0.717) is 18.0 Å². The Morgan fingerprint density at radius 2 is 1.71 bits per heavy atom. The molecule has 0 bridgehead atoms. The summed E-state index contributed by atoms with van der Waals surface area (Å²) in [6.45, 7) is 0.782. The van der Waals surface area contributed by atoms with Gasteiger partial charge < -0.3 is 10.6 Å². The highest BCUT2D eigenvalue weighted by atomic mass is 32.2. The van der Waals surface area contributed by atoms with Gasteiger partial charge >= 0.3 is 6.03 Å². The number of hydrogen-bond acceptors (Lipinski definition) is 5. The molecule has 2 heterocycles. The van der Waals surface area contributed by atoms with E-state index in [9.17, 15) is 22.8 Å². The lowest BCUT2D eigenvalue weighted by Gasteiger charge is -2.30. The maximum Gasteiger partial charge on any atom is 0.325 e. The second kappa shape index (κ2) is 8.61. The standard InChI is InChI=1S/C22H29N3O5S/c26-19(23-14-16-4-2-1-3-5-16)18-8-6-17(7-9-18)15-25-20(27)22(24-21(25)28)10-12-31(29,30)13-11-22/h6-9,16H,1-5,10-15H2,(H,23,26)(H,24,28). The molecular formula is C22H29N3O5S. The highest BCUT2D eigenvalue weighted by Gasteiger charge is 2.53. The molecule has 4 rings (SSSR count). The Morgan fingerprint density at radius 3 is 2.35 bits per heavy atom. The van der Waals surface area contributed by atoms with Crippen molar-refractivity contribution >= 4 is 27.7 Å². The van der Waals surface area contributed by atoms with Crippen molar-refractivity contribution in [1.29, 1.82) is 0 Å². The maximum absolute atomic E-state index is 12.9. The van der Waals surface area contributed by atoms with E-state index in [-0.39, 0.29) is 42.7 Å². The molecule has 2 saturated heterocycles. The van der Waals surface area contributed by atoms with E-state index in [0.717, 1.165) is 10.5 Å². The molecule has 0 aromatic heterocycles. The second-order valence-corrected chi connectivity index (χ2v) is 11.3. The Hall–Kier alpha value is -2.42. The second-order valence-electron chi connectivity index (χ2n) is 8.97. The Balaban J connectivity index is 1.35. The number of imide groups is 1. The molecule has 1 spiro atoms. The minimum Gasteiger partial charge on any atom is -0.352 e. The van der Waals surface area contributed by atoms with Gasteiger partial charge in [0.1, 0.15) is 5.54 Å². The Labute approximate surface area is 182 Å². The number of benzene rings is 1. The third kappa shape index (κ3) is 4.76. The van der Waals surface area contributed by atoms with Gasteiger partial charge in [0.05, 0.1) is 18.1 Å². The van der Waals surface area contributed by atoms with Crippen LogP contribution in [0.5, 0.6) is 0 Å². The molecule has 1 aromatic carbocycles. The average molecular weight is 448 g/mol. The van der Waals surface area contributed by atoms with Crippen molar-refractivity contribution in [2.24, 2.45) is 5.92 Å². The first kappa shape index (κ1) is 21.8. The van der Waals surface area contributed by atoms with Crippen LogP contribution in [0.1, 0.15) is 60.9 Å². The van der Waals surface area contributed by atoms with Gasteiger partial charge in [-0.1, -0.05) is 31.4 Å². The summed E-state index contributed by atoms with van der Waals surface area (Å²) in [5.74, 6) is -0.135. The monoisotopic (exact) mass is 447 g/mol. The summed E-state index contributed by atoms with van der Waals surface area (Å²) in [4.78, 5) is 38.9. The van der Waals surface area contributed by atoms with E-state index in [1.807, 2.05) is 0 Å². The van der Waals surface area contributed by atoms with Gasteiger partial charge in [-0.05, 0) is 49.3 Å². The SMILES string of the molecule is O=C(NCC1CCCCC1)c1ccc(CN2C(=O)NC3(CCS(=O)(=O)CC3)C2=O)cc1. The van der Waals surface area contributed by atoms with Gasteiger partial charge in [-0.15, -0.1) is 0 Å². The van der Waals surface area contributed by atoms with Gasteiger partial charge in [-0.2, -0.15) is 0 Å². The first-order valence-corrected chi connectivity index (χ1v) is 12.8. The highest BCUT2D eigenvalue weighted by Crippen LogP contribution is 2.31. The van der Waals surface area contributed by atoms with Gasteiger partial charge in [0.15, 0.2) is 9.84 Å². The van der Waals surface area contributed by atoms with Crippen molar-refractivity contribution in [3.05, 3.63) is 35.4 Å². The molecule has 2 aliphatic heterocycles. The summed E-state index contributed by atoms with van der Waals surface area (Å²) >= 11 is 0. The summed E-state index contributed by atoms with van der Waals surface area (Å²) in [5, 5.41) is 5.72. The summed E-state index contributed by atoms with van der Waals surface area (Å²) in [6, 6.07) is 6.39. The predicted octanol–water partition coefficient (Wildman–Crippen LogP) is 2.00. The smallest absolute Gasteiger partial charge is 0.325 e. The van der Waals surface area contributed by atoms with Crippen LogP contribution in [0.2, 0.25) is 0 Å². The lowest BCUT2D eigenvalue weighted by Crippen LogP contribution is -2.52. The van der Waals surface area contributed by atoms with E-state index in [2.05, 4.69) is 10.6 Å². The molecule has 1 aliphatic carbocycles. The van der Waals surface area contributed by atoms with Crippen LogP contribution in [0.15, 0.2) is 24.3 Å². The molecule has 0 atom stereocenters. The fourth-order valence-electron chi connectivity index (χ4n) is 4.72. The number of nitrogens with zero attached hydrogens (tertiary/aromatic N) is 1. The van der Waals surface area contributed by atoms with Crippen LogP contribution in [0.4, 0.5) is 4.79 Å². The fraction of sp³-hybridized carbons (Fsp3) is 0.591. The molecule has 3 fully saturated rings. The van der Waals surface area contributed by atoms with Crippen LogP contribution in [-0.4, -0.2) is 54.8 Å². The van der Waals surface area contributed by atoms with Crippen LogP contribution in [0, 0.1) is 5.92 Å². The lowest BCUT2D eigenvalue weighted by molar-refractivity contribution is -0.132.